The minimum atomic E-state index is -3.06. The number of thiophene rings is 2. The van der Waals surface area contributed by atoms with Crippen LogP contribution in [0.5, 0.6) is 23.5 Å². The molecule has 10 heterocycles. The summed E-state index contributed by atoms with van der Waals surface area (Å²) in [5.74, 6) is -5.38. The number of aromatic nitrogens is 4. The number of hydrogen-bond acceptors (Lipinski definition) is 19. The Hall–Kier alpha value is -7.92. The summed E-state index contributed by atoms with van der Waals surface area (Å²) in [4.78, 5) is 23.8. The second kappa shape index (κ2) is 23.7. The molecule has 6 aliphatic heterocycles. The Bertz CT molecular complexity index is 4720. The summed E-state index contributed by atoms with van der Waals surface area (Å²) in [5.41, 5.74) is -0.653. The van der Waals surface area contributed by atoms with Crippen LogP contribution in [0.1, 0.15) is 75.8 Å². The first-order chi connectivity index (χ1) is 46.0. The van der Waals surface area contributed by atoms with Crippen molar-refractivity contribution >= 4 is 109 Å². The summed E-state index contributed by atoms with van der Waals surface area (Å²) in [6.07, 6.45) is -9.99. The van der Waals surface area contributed by atoms with Crippen molar-refractivity contribution in [2.75, 3.05) is 73.4 Å². The minimum Gasteiger partial charge on any atom is -0.489 e. The van der Waals surface area contributed by atoms with E-state index in [0.29, 0.717) is 30.7 Å². The van der Waals surface area contributed by atoms with Gasteiger partial charge >= 0.3 is 12.0 Å². The lowest BCUT2D eigenvalue weighted by Gasteiger charge is -2.34. The molecule has 17 nitrogen and oxygen atoms in total. The van der Waals surface area contributed by atoms with Crippen LogP contribution in [0.2, 0.25) is 10.0 Å². The van der Waals surface area contributed by atoms with Gasteiger partial charge in [-0.25, -0.2) is 48.3 Å². The molecular formula is C64H52Cl2F11N13O4S2. The van der Waals surface area contributed by atoms with Crippen LogP contribution in [0.3, 0.4) is 0 Å². The molecule has 1 saturated carbocycles. The number of rotatable bonds is 16. The predicted octanol–water partition coefficient (Wildman–Crippen LogP) is 14.3. The van der Waals surface area contributed by atoms with Gasteiger partial charge in [0.05, 0.1) is 90.1 Å². The SMILES string of the molecule is CC1Oc2c(Cl)c(-c3ccc(F)c4sc(N)c(C#N)c34)c(F)c3nc(OC[C@@]45CCCN4C(Nc4sc6c(F)ccc(-c7c(Cl)c8c9c(nc(OC[C@@]%10%11CCCN%10C[C@H](F)C%11)nc9c7F)N(CC(F)F)C(C7(F)CC7)CO8)c6c4C#N)[C@H](F)C5)nc(c23)N(CC(F)F)C1CC#N. The molecule has 4 aromatic carbocycles. The first-order valence-corrected chi connectivity index (χ1v) is 33.2. The van der Waals surface area contributed by atoms with Gasteiger partial charge in [-0.1, -0.05) is 35.3 Å². The predicted molar refractivity (Wildman–Crippen MR) is 337 cm³/mol. The van der Waals surface area contributed by atoms with Crippen molar-refractivity contribution in [1.29, 1.82) is 15.8 Å². The van der Waals surface area contributed by atoms with Crippen LogP contribution in [0.25, 0.3) is 64.2 Å². The second-order valence-corrected chi connectivity index (χ2v) is 28.3. The zero-order chi connectivity index (χ0) is 67.3. The van der Waals surface area contributed by atoms with Crippen LogP contribution in [0.4, 0.5) is 69.9 Å². The van der Waals surface area contributed by atoms with Crippen LogP contribution in [0, 0.1) is 57.3 Å². The van der Waals surface area contributed by atoms with E-state index in [1.165, 1.54) is 19.1 Å². The quantitative estimate of drug-likeness (QED) is 0.0861. The standard InChI is InChI=1S/C64H52Cl2F11N13O4S2/c1-26-35(8-13-78)88(21-37(71)72)57-44-50(48(76)42(46(66)52(44)94-26)28-4-6-32(68)53-39(28)30(18-79)55(81)95-53)83-60(85-57)93-25-63-10-3-15-90(63)56(34(70)17-63)84-59-31(19-80)40-29(5-7-33(69)54(40)96-59)41-45(65)51-43-49(47(41)75)82-61(92-24-62-9-2-14-87(62)20-27(67)16-62)86-58(43)89(22-38(73)74)36(23-91-51)64(77)11-12-64/h4-7,26-27,34-38,56,84H,2-3,8-12,14-17,20-25,81H2,1H3/t26?,27-,34-,35?,36?,56?,62+,63+/m1/s1. The zero-order valence-corrected chi connectivity index (χ0v) is 53.5. The Morgan fingerprint density at radius 1 is 0.740 bits per heavy atom. The second-order valence-electron chi connectivity index (χ2n) is 25.4. The summed E-state index contributed by atoms with van der Waals surface area (Å²) in [5, 5.41) is 32.6. The lowest BCUT2D eigenvalue weighted by Crippen LogP contribution is -2.49. The monoisotopic (exact) mass is 1410 g/mol. The molecule has 3 N–H and O–H groups in total. The summed E-state index contributed by atoms with van der Waals surface area (Å²) < 4.78 is 200. The Kier molecular flexibility index (Phi) is 15.8. The van der Waals surface area contributed by atoms with E-state index in [1.54, 1.807) is 4.90 Å². The van der Waals surface area contributed by atoms with Crippen molar-refractivity contribution in [3.8, 4) is 64.0 Å². The largest absolute Gasteiger partial charge is 0.489 e. The Morgan fingerprint density at radius 2 is 1.31 bits per heavy atom. The fourth-order valence-electron chi connectivity index (χ4n) is 15.5. The van der Waals surface area contributed by atoms with E-state index in [0.717, 1.165) is 39.7 Å². The van der Waals surface area contributed by atoms with Crippen LogP contribution in [-0.2, 0) is 0 Å². The van der Waals surface area contributed by atoms with E-state index in [4.69, 9.17) is 47.9 Å². The normalized spacial score (nSPS) is 25.1. The van der Waals surface area contributed by atoms with Crippen molar-refractivity contribution in [3.63, 3.8) is 0 Å². The van der Waals surface area contributed by atoms with Gasteiger partial charge in [-0.3, -0.25) is 9.80 Å². The number of fused-ring (bicyclic) bond motifs is 4. The fraction of sp³-hybridized carbons (Fsp3) is 0.453. The summed E-state index contributed by atoms with van der Waals surface area (Å²) in [6.45, 7) is -0.822. The van der Waals surface area contributed by atoms with Gasteiger partial charge in [-0.15, -0.1) is 22.7 Å². The van der Waals surface area contributed by atoms with Crippen LogP contribution >= 0.6 is 45.9 Å². The van der Waals surface area contributed by atoms with Crippen molar-refractivity contribution in [2.45, 2.75) is 131 Å². The van der Waals surface area contributed by atoms with E-state index in [9.17, 15) is 37.7 Å². The molecule has 0 radical (unpaired) electrons. The Morgan fingerprint density at radius 3 is 1.94 bits per heavy atom. The molecule has 1 aliphatic carbocycles. The highest BCUT2D eigenvalue weighted by atomic mass is 35.5. The van der Waals surface area contributed by atoms with Gasteiger partial charge in [0.15, 0.2) is 23.1 Å². The molecule has 8 atom stereocenters. The first kappa shape index (κ1) is 64.1. The molecule has 7 aliphatic rings. The number of nitrogen functional groups attached to an aromatic ring is 1. The number of anilines is 4. The highest BCUT2D eigenvalue weighted by molar-refractivity contribution is 7.23. The molecule has 5 fully saturated rings. The Labute approximate surface area is 556 Å². The molecule has 4 unspecified atom stereocenters. The fourth-order valence-corrected chi connectivity index (χ4v) is 18.3. The number of hydrogen-bond donors (Lipinski definition) is 2. The maximum absolute atomic E-state index is 18.2. The van der Waals surface area contributed by atoms with Crippen molar-refractivity contribution in [2.24, 2.45) is 0 Å². The number of halogens is 13. The van der Waals surface area contributed by atoms with Crippen LogP contribution in [-0.4, -0.2) is 149 Å². The third-order valence-corrected chi connectivity index (χ3v) is 22.9. The van der Waals surface area contributed by atoms with E-state index in [-0.39, 0.29) is 138 Å². The van der Waals surface area contributed by atoms with E-state index in [2.05, 4.69) is 31.3 Å². The number of alkyl halides is 7. The third-order valence-electron chi connectivity index (χ3n) is 20.0. The van der Waals surface area contributed by atoms with Crippen molar-refractivity contribution in [3.05, 3.63) is 68.7 Å². The van der Waals surface area contributed by atoms with Gasteiger partial charge in [0.2, 0.25) is 0 Å². The molecule has 32 heteroatoms. The van der Waals surface area contributed by atoms with E-state index in [1.807, 2.05) is 17.0 Å². The topological polar surface area (TPSA) is 211 Å². The van der Waals surface area contributed by atoms with Crippen LogP contribution in [0.15, 0.2) is 24.3 Å². The molecule has 8 aromatic rings. The number of nitriles is 3. The van der Waals surface area contributed by atoms with Gasteiger partial charge < -0.3 is 39.8 Å². The van der Waals surface area contributed by atoms with Gasteiger partial charge in [0.25, 0.3) is 12.9 Å². The summed E-state index contributed by atoms with van der Waals surface area (Å²) in [7, 11) is 0. The number of nitrogens with one attached hydrogen (secondary N) is 1. The van der Waals surface area contributed by atoms with Gasteiger partial charge in [-0.2, -0.15) is 35.7 Å². The molecule has 0 spiro atoms. The average Bonchev–Trinajstić information content (AvgIpc) is 1.29. The van der Waals surface area contributed by atoms with Crippen molar-refractivity contribution in [1.82, 2.24) is 29.7 Å². The number of nitrogens with zero attached hydrogens (tertiary/aromatic N) is 11. The molecule has 15 rings (SSSR count). The third kappa shape index (κ3) is 10.0. The molecule has 96 heavy (non-hydrogen) atoms. The first-order valence-electron chi connectivity index (χ1n) is 30.8. The average molecular weight is 1410 g/mol. The lowest BCUT2D eigenvalue weighted by molar-refractivity contribution is 0.0901. The molecular weight excluding hydrogens is 1360 g/mol. The van der Waals surface area contributed by atoms with Gasteiger partial charge in [-0.05, 0) is 75.3 Å². The lowest BCUT2D eigenvalue weighted by atomic mass is 9.95. The summed E-state index contributed by atoms with van der Waals surface area (Å²) >= 11 is 15.8. The number of ether oxygens (including phenoxy) is 4. The highest BCUT2D eigenvalue weighted by Crippen LogP contribution is 2.57. The molecule has 4 saturated heterocycles. The molecule has 4 aromatic heterocycles. The zero-order valence-electron chi connectivity index (χ0n) is 50.3. The molecule has 0 amide bonds. The maximum atomic E-state index is 18.2. The van der Waals surface area contributed by atoms with Crippen molar-refractivity contribution < 1.29 is 67.2 Å². The Balaban J connectivity index is 0.801. The molecule has 500 valence electrons. The highest BCUT2D eigenvalue weighted by Gasteiger charge is 2.57. The maximum Gasteiger partial charge on any atom is 0.319 e. The van der Waals surface area contributed by atoms with Gasteiger partial charge in [0, 0.05) is 47.8 Å². The van der Waals surface area contributed by atoms with Crippen LogP contribution < -0.4 is 39.8 Å². The summed E-state index contributed by atoms with van der Waals surface area (Å²) in [6, 6.07) is 6.76. The van der Waals surface area contributed by atoms with Gasteiger partial charge in [0.1, 0.15) is 107 Å². The minimum absolute atomic E-state index is 0.0126. The number of nitrogens with two attached hydrogens (primary N) is 1. The number of benzene rings is 4. The molecule has 0 bridgehead atoms. The van der Waals surface area contributed by atoms with E-state index < -0.39 is 167 Å². The smallest absolute Gasteiger partial charge is 0.319 e. The van der Waals surface area contributed by atoms with E-state index >= 15 is 26.3 Å².